The van der Waals surface area contributed by atoms with Crippen LogP contribution in [0.15, 0.2) is 271 Å². The van der Waals surface area contributed by atoms with E-state index in [0.29, 0.717) is 40.7 Å². The first-order chi connectivity index (χ1) is 70.5. The van der Waals surface area contributed by atoms with Crippen molar-refractivity contribution in [3.05, 3.63) is 401 Å². The molecule has 4 aliphatic rings. The van der Waals surface area contributed by atoms with Gasteiger partial charge < -0.3 is 30.3 Å². The molecule has 11 aromatic carbocycles. The van der Waals surface area contributed by atoms with E-state index >= 15 is 0 Å². The van der Waals surface area contributed by atoms with Gasteiger partial charge in [-0.05, 0) is 252 Å². The van der Waals surface area contributed by atoms with Crippen molar-refractivity contribution < 1.29 is 69.1 Å². The van der Waals surface area contributed by atoms with E-state index in [1.54, 1.807) is 18.3 Å². The number of para-hydroxylation sites is 1. The number of phenols is 3. The monoisotopic (exact) mass is 2480 g/mol. The smallest absolute Gasteiger partial charge is 0.141 e. The minimum Gasteiger partial charge on any atom is -0.506 e. The van der Waals surface area contributed by atoms with Crippen LogP contribution in [0.4, 0.5) is 17.1 Å². The van der Waals surface area contributed by atoms with E-state index in [1.165, 1.54) is 194 Å². The molecular formula is C131H154Br4Mo3N7O3-3. The Balaban J connectivity index is 0.000000163. The number of benzene rings is 11. The third kappa shape index (κ3) is 33.3. The van der Waals surface area contributed by atoms with Crippen LogP contribution in [0.25, 0.3) is 33.2 Å². The van der Waals surface area contributed by atoms with E-state index in [1.807, 2.05) is 96.1 Å². The largest absolute Gasteiger partial charge is 0.506 e. The molecule has 19 rings (SSSR count). The first-order valence-corrected chi connectivity index (χ1v) is 61.9. The van der Waals surface area contributed by atoms with Crippen molar-refractivity contribution in [2.45, 2.75) is 309 Å². The number of aromatic hydroxyl groups is 3. The van der Waals surface area contributed by atoms with Gasteiger partial charge in [0.25, 0.3) is 0 Å². The number of aromatic nitrogens is 4. The van der Waals surface area contributed by atoms with Gasteiger partial charge in [0, 0.05) is 31.7 Å². The number of hydrogen-bond acceptors (Lipinski definition) is 7. The summed E-state index contributed by atoms with van der Waals surface area (Å²) >= 11 is 13.1. The molecule has 148 heavy (non-hydrogen) atoms. The number of halogens is 4. The van der Waals surface area contributed by atoms with Gasteiger partial charge in [0.1, 0.15) is 22.8 Å². The number of pyridine rings is 1. The fraction of sp³-hybridized carbons (Fsp3) is 0.359. The first kappa shape index (κ1) is 119. The third-order valence-corrected chi connectivity index (χ3v) is 38.0. The summed E-state index contributed by atoms with van der Waals surface area (Å²) in [5.41, 5.74) is 42.2. The first-order valence-electron chi connectivity index (χ1n) is 52.6. The molecule has 780 valence electrons. The number of aryl methyl sites for hydroxylation is 12. The minimum atomic E-state index is -0.553. The average Bonchev–Trinajstić information content (AvgIpc) is 0.813. The molecule has 0 saturated carbocycles. The van der Waals surface area contributed by atoms with Gasteiger partial charge in [-0.3, -0.25) is 4.98 Å². The number of fused-ring (bicyclic) bond motifs is 5. The second-order valence-electron chi connectivity index (χ2n) is 42.4. The van der Waals surface area contributed by atoms with Gasteiger partial charge >= 0.3 is 441 Å². The van der Waals surface area contributed by atoms with Gasteiger partial charge in [-0.1, -0.05) is 128 Å². The second kappa shape index (κ2) is 57.1. The molecule has 4 heterocycles. The molecule has 0 atom stereocenters. The van der Waals surface area contributed by atoms with Crippen LogP contribution in [-0.4, -0.2) is 33.5 Å². The van der Waals surface area contributed by atoms with Gasteiger partial charge in [0.15, 0.2) is 0 Å². The molecular weight excluding hydrogens is 2330 g/mol. The summed E-state index contributed by atoms with van der Waals surface area (Å²) in [4.78, 5) is 16.4. The predicted octanol–water partition coefficient (Wildman–Crippen LogP) is 37.2. The molecule has 17 heteroatoms. The van der Waals surface area contributed by atoms with Gasteiger partial charge in [-0.2, -0.15) is 34.2 Å². The molecule has 10 nitrogen and oxygen atoms in total. The number of nitrogens with zero attached hydrogens (tertiary/aromatic N) is 7. The van der Waals surface area contributed by atoms with Crippen molar-refractivity contribution in [1.29, 1.82) is 0 Å². The van der Waals surface area contributed by atoms with E-state index in [-0.39, 0.29) is 22.0 Å². The van der Waals surface area contributed by atoms with Crippen LogP contribution in [0.1, 0.15) is 312 Å². The summed E-state index contributed by atoms with van der Waals surface area (Å²) in [5.74, 6) is 3.13. The summed E-state index contributed by atoms with van der Waals surface area (Å²) in [6, 6.07) is 81.9. The predicted molar refractivity (Wildman–Crippen MR) is 633 cm³/mol. The summed E-state index contributed by atoms with van der Waals surface area (Å²) in [6.07, 6.45) is 20.6. The minimum absolute atomic E-state index is 0.0811. The topological polar surface area (TPSA) is 153 Å². The SMILES string of the molecule is CC(C)c1cccc(C(C)C)c1[N]=[Mo]=[CH]C(C)(C)c1ccccc1.CC(C)c1cccc(C(C)C)c1[N]=[Mo]=[CH]C(C)(C)c1ccccc1.Cc1c(Br)cc2c(c1-c1c(O)c(Br)cc3c1CCCC3)CCCC2.Cc1c(Br)cc2c(c1-c1c(O)c(Br)cc3c1CCCC3)CCCC2.Cc1ccc(C)[n-]1.Cc1ccc(C)[n-]1.Cc1ccc(C)[n-]1.Cc1cccc(C)c1[N]=[Mo]=[CH]C(C)(C)c1ccccc1.Oc1cccc2cccnc12. The van der Waals surface area contributed by atoms with Gasteiger partial charge in [0.2, 0.25) is 0 Å². The average molecular weight is 2480 g/mol. The molecule has 0 aliphatic heterocycles. The quantitative estimate of drug-likeness (QED) is 0.0864. The molecule has 0 radical (unpaired) electrons. The van der Waals surface area contributed by atoms with Gasteiger partial charge in [-0.25, -0.2) is 0 Å². The van der Waals surface area contributed by atoms with E-state index < -0.39 is 53.8 Å². The van der Waals surface area contributed by atoms with Gasteiger partial charge in [0.05, 0.1) is 8.95 Å². The Hall–Kier alpha value is -8.94. The second-order valence-corrected chi connectivity index (χ2v) is 50.5. The molecule has 3 N–H and O–H groups in total. The fourth-order valence-electron chi connectivity index (χ4n) is 19.4. The zero-order valence-electron chi connectivity index (χ0n) is 91.7. The fourth-order valence-corrected chi connectivity index (χ4v) is 27.1. The van der Waals surface area contributed by atoms with Crippen LogP contribution in [0.2, 0.25) is 0 Å². The van der Waals surface area contributed by atoms with Gasteiger partial charge in [-0.15, -0.1) is 0 Å². The maximum atomic E-state index is 11.0. The Morgan fingerprint density at radius 2 is 0.568 bits per heavy atom. The third-order valence-electron chi connectivity index (χ3n) is 27.9. The van der Waals surface area contributed by atoms with Crippen LogP contribution in [0, 0.1) is 69.2 Å². The molecule has 4 aliphatic carbocycles. The molecule has 4 aromatic heterocycles. The van der Waals surface area contributed by atoms with Crippen LogP contribution < -0.4 is 15.0 Å². The summed E-state index contributed by atoms with van der Waals surface area (Å²) < 4.78 is 26.5. The zero-order valence-corrected chi connectivity index (χ0v) is 104. The van der Waals surface area contributed by atoms with Crippen molar-refractivity contribution in [1.82, 2.24) is 19.9 Å². The standard InChI is InChI=1S/2C21H22Br2O.2C12H17N.3C10H12.C9H7NO.C8H9N.3C6H8N.3Mo/c2*1-12-17(22)10-13-6-2-4-8-15(13)19(12)20-16-9-5-3-7-14(16)11-18(23)21(20)24;2*1-8(2)10-6-5-7-11(9(3)4)12(10)13;3*1-10(2,3)9-7-5-4-6-8-9;11-8-5-1-3-7-4-2-6-10-9(7)8;1-6-4-3-5-7(2)8(6)9;3*1-5-3-4-6(2)7-5;;;/h2*10-11,24H,2-9H2,1H3;2*5-9H,1-4H3;3*1,4-8H,2-3H3;1-6,11H;3-5H,1-2H3;3*3-4H,1-2H3;;;/q;;;;;;;;;3*-1;;;. The van der Waals surface area contributed by atoms with Crippen LogP contribution in [-0.2, 0) is 121 Å². The number of phenolic OH excluding ortho intramolecular Hbond substituents is 3. The summed E-state index contributed by atoms with van der Waals surface area (Å²) in [7, 11) is 0. The maximum absolute atomic E-state index is 11.0. The molecule has 0 saturated heterocycles. The Kier molecular flexibility index (Phi) is 46.1. The van der Waals surface area contributed by atoms with Crippen LogP contribution in [0.3, 0.4) is 0 Å². The van der Waals surface area contributed by atoms with E-state index in [9.17, 15) is 15.3 Å². The number of hydrogen-bond donors (Lipinski definition) is 3. The van der Waals surface area contributed by atoms with Crippen molar-refractivity contribution in [3.8, 4) is 39.5 Å². The normalized spacial score (nSPS) is 12.8. The molecule has 0 spiro atoms. The Bertz CT molecular complexity index is 6560. The maximum Gasteiger partial charge on any atom is 0.141 e. The van der Waals surface area contributed by atoms with Crippen LogP contribution >= 0.6 is 63.7 Å². The van der Waals surface area contributed by atoms with Crippen molar-refractivity contribution in [2.24, 2.45) is 10.5 Å². The van der Waals surface area contributed by atoms with Crippen LogP contribution in [0.5, 0.6) is 17.2 Å². The Labute approximate surface area is 943 Å². The Morgan fingerprint density at radius 1 is 0.304 bits per heavy atom. The summed E-state index contributed by atoms with van der Waals surface area (Å²) in [6.45, 7) is 52.4. The van der Waals surface area contributed by atoms with Crippen molar-refractivity contribution >= 4 is 105 Å². The molecule has 0 fully saturated rings. The van der Waals surface area contributed by atoms with E-state index in [0.717, 1.165) is 111 Å². The molecule has 0 unspecified atom stereocenters. The van der Waals surface area contributed by atoms with Crippen molar-refractivity contribution in [2.75, 3.05) is 0 Å². The number of rotatable bonds is 15. The van der Waals surface area contributed by atoms with Crippen molar-refractivity contribution in [3.63, 3.8) is 0 Å². The zero-order chi connectivity index (χ0) is 107. The molecule has 0 amide bonds. The van der Waals surface area contributed by atoms with E-state index in [2.05, 4.69) is 391 Å². The molecule has 0 bridgehead atoms. The molecule has 15 aromatic rings. The summed E-state index contributed by atoms with van der Waals surface area (Å²) in [5, 5.41) is 32.2. The van der Waals surface area contributed by atoms with E-state index in [4.69, 9.17) is 10.5 Å². The Morgan fingerprint density at radius 3 is 0.851 bits per heavy atom.